The van der Waals surface area contributed by atoms with E-state index in [0.29, 0.717) is 24.1 Å². The van der Waals surface area contributed by atoms with Crippen molar-refractivity contribution in [2.75, 3.05) is 14.1 Å². The highest BCUT2D eigenvalue weighted by molar-refractivity contribution is 7.92. The van der Waals surface area contributed by atoms with Crippen LogP contribution >= 0.6 is 0 Å². The molecule has 1 N–H and O–H groups in total. The van der Waals surface area contributed by atoms with E-state index >= 15 is 0 Å². The van der Waals surface area contributed by atoms with Crippen molar-refractivity contribution in [2.45, 2.75) is 29.9 Å². The Kier molecular flexibility index (Phi) is 4.24. The second-order valence-corrected chi connectivity index (χ2v) is 8.56. The Balaban J connectivity index is 2.03. The molecule has 8 heteroatoms. The van der Waals surface area contributed by atoms with E-state index in [0.717, 1.165) is 0 Å². The van der Waals surface area contributed by atoms with E-state index in [9.17, 15) is 18.0 Å². The van der Waals surface area contributed by atoms with Gasteiger partial charge in [0.15, 0.2) is 21.4 Å². The molecule has 25 heavy (non-hydrogen) atoms. The standard InChI is InChI=1S/C17H19N3O4S/c1-10(21)16-18-14(15(19-16)17(22)20(2)3)11-4-6-12(7-5-11)25(23,24)13-8-9-13/h4-7,13H,8-9H2,1-3H3,(H,18,19). The van der Waals surface area contributed by atoms with Gasteiger partial charge in [-0.05, 0) is 25.0 Å². The third-order valence-corrected chi connectivity index (χ3v) is 6.36. The van der Waals surface area contributed by atoms with Crippen LogP contribution in [0.15, 0.2) is 29.2 Å². The van der Waals surface area contributed by atoms with Gasteiger partial charge in [0.05, 0.1) is 10.1 Å². The smallest absolute Gasteiger partial charge is 0.272 e. The molecule has 0 saturated heterocycles. The van der Waals surface area contributed by atoms with Crippen molar-refractivity contribution in [3.63, 3.8) is 0 Å². The quantitative estimate of drug-likeness (QED) is 0.820. The van der Waals surface area contributed by atoms with E-state index in [4.69, 9.17) is 0 Å². The summed E-state index contributed by atoms with van der Waals surface area (Å²) in [6, 6.07) is 6.27. The van der Waals surface area contributed by atoms with E-state index in [2.05, 4.69) is 9.97 Å². The van der Waals surface area contributed by atoms with Crippen molar-refractivity contribution < 1.29 is 18.0 Å². The molecule has 1 fully saturated rings. The van der Waals surface area contributed by atoms with Crippen LogP contribution in [0, 0.1) is 0 Å². The maximum atomic E-state index is 12.3. The molecule has 7 nitrogen and oxygen atoms in total. The van der Waals surface area contributed by atoms with Gasteiger partial charge in [-0.1, -0.05) is 12.1 Å². The molecule has 0 spiro atoms. The summed E-state index contributed by atoms with van der Waals surface area (Å²) < 4.78 is 24.5. The van der Waals surface area contributed by atoms with Gasteiger partial charge in [-0.3, -0.25) is 9.59 Å². The molecule has 1 saturated carbocycles. The Bertz CT molecular complexity index is 939. The minimum Gasteiger partial charge on any atom is -0.343 e. The Morgan fingerprint density at radius 1 is 1.16 bits per heavy atom. The Hall–Kier alpha value is -2.48. The molecule has 0 bridgehead atoms. The van der Waals surface area contributed by atoms with Crippen LogP contribution in [-0.4, -0.2) is 54.3 Å². The second kappa shape index (κ2) is 6.11. The monoisotopic (exact) mass is 361 g/mol. The highest BCUT2D eigenvalue weighted by Crippen LogP contribution is 2.34. The summed E-state index contributed by atoms with van der Waals surface area (Å²) in [5.74, 6) is -0.508. The van der Waals surface area contributed by atoms with E-state index in [-0.39, 0.29) is 33.4 Å². The van der Waals surface area contributed by atoms with Crippen LogP contribution in [0.25, 0.3) is 11.3 Å². The van der Waals surface area contributed by atoms with Crippen molar-refractivity contribution >= 4 is 21.5 Å². The fourth-order valence-corrected chi connectivity index (χ4v) is 4.16. The number of amides is 1. The number of benzene rings is 1. The first-order valence-corrected chi connectivity index (χ1v) is 9.43. The van der Waals surface area contributed by atoms with E-state index in [1.165, 1.54) is 24.0 Å². The summed E-state index contributed by atoms with van der Waals surface area (Å²) in [5.41, 5.74) is 1.11. The lowest BCUT2D eigenvalue weighted by Crippen LogP contribution is -2.22. The van der Waals surface area contributed by atoms with Gasteiger partial charge in [0.2, 0.25) is 0 Å². The number of imidazole rings is 1. The van der Waals surface area contributed by atoms with Gasteiger partial charge in [0.1, 0.15) is 11.4 Å². The molecule has 1 aliphatic carbocycles. The summed E-state index contributed by atoms with van der Waals surface area (Å²) >= 11 is 0. The highest BCUT2D eigenvalue weighted by Gasteiger charge is 2.36. The third kappa shape index (κ3) is 3.21. The number of H-pyrrole nitrogens is 1. The zero-order valence-corrected chi connectivity index (χ0v) is 15.1. The molecule has 132 valence electrons. The summed E-state index contributed by atoms with van der Waals surface area (Å²) in [5, 5.41) is -0.279. The van der Waals surface area contributed by atoms with Gasteiger partial charge in [-0.15, -0.1) is 0 Å². The van der Waals surface area contributed by atoms with Crippen LogP contribution in [-0.2, 0) is 9.84 Å². The lowest BCUT2D eigenvalue weighted by atomic mass is 10.1. The largest absolute Gasteiger partial charge is 0.343 e. The number of sulfone groups is 1. The van der Waals surface area contributed by atoms with Gasteiger partial charge in [-0.25, -0.2) is 13.4 Å². The zero-order valence-electron chi connectivity index (χ0n) is 14.2. The summed E-state index contributed by atoms with van der Waals surface area (Å²) in [7, 11) is -0.0646. The number of ketones is 1. The lowest BCUT2D eigenvalue weighted by molar-refractivity contribution is 0.0823. The van der Waals surface area contributed by atoms with Gasteiger partial charge < -0.3 is 9.88 Å². The molecule has 0 radical (unpaired) electrons. The van der Waals surface area contributed by atoms with Crippen molar-refractivity contribution in [2.24, 2.45) is 0 Å². The van der Waals surface area contributed by atoms with Gasteiger partial charge in [0.25, 0.3) is 5.91 Å². The Morgan fingerprint density at radius 3 is 2.24 bits per heavy atom. The molecule has 0 atom stereocenters. The number of rotatable bonds is 5. The van der Waals surface area contributed by atoms with Crippen LogP contribution < -0.4 is 0 Å². The summed E-state index contributed by atoms with van der Waals surface area (Å²) in [6.07, 6.45) is 1.40. The van der Waals surface area contributed by atoms with Crippen molar-refractivity contribution in [1.82, 2.24) is 14.9 Å². The maximum Gasteiger partial charge on any atom is 0.272 e. The van der Waals surface area contributed by atoms with Crippen LogP contribution in [0.3, 0.4) is 0 Å². The fourth-order valence-electron chi connectivity index (χ4n) is 2.50. The molecular weight excluding hydrogens is 342 g/mol. The molecule has 1 aliphatic rings. The van der Waals surface area contributed by atoms with Crippen LogP contribution in [0.4, 0.5) is 0 Å². The SMILES string of the molecule is CC(=O)c1nc(-c2ccc(S(=O)(=O)C3CC3)cc2)c(C(=O)N(C)C)[nH]1. The topological polar surface area (TPSA) is 100 Å². The molecule has 0 unspecified atom stereocenters. The molecular formula is C17H19N3O4S. The molecule has 2 aromatic rings. The number of aromatic amines is 1. The average molecular weight is 361 g/mol. The first-order valence-electron chi connectivity index (χ1n) is 7.88. The van der Waals surface area contributed by atoms with Gasteiger partial charge in [-0.2, -0.15) is 0 Å². The first kappa shape index (κ1) is 17.3. The minimum atomic E-state index is -3.27. The predicted molar refractivity (Wildman–Crippen MR) is 92.3 cm³/mol. The molecule has 1 aromatic carbocycles. The molecule has 3 rings (SSSR count). The molecule has 1 aromatic heterocycles. The predicted octanol–water partition coefficient (Wildman–Crippen LogP) is 1.92. The second-order valence-electron chi connectivity index (χ2n) is 6.33. The maximum absolute atomic E-state index is 12.3. The molecule has 1 amide bonds. The van der Waals surface area contributed by atoms with Crippen LogP contribution in [0.2, 0.25) is 0 Å². The van der Waals surface area contributed by atoms with Gasteiger partial charge in [0, 0.05) is 26.6 Å². The number of carbonyl (C=O) groups is 2. The number of nitrogens with one attached hydrogen (secondary N) is 1. The molecule has 0 aliphatic heterocycles. The summed E-state index contributed by atoms with van der Waals surface area (Å²) in [4.78, 5) is 32.6. The fraction of sp³-hybridized carbons (Fsp3) is 0.353. The van der Waals surface area contributed by atoms with E-state index < -0.39 is 9.84 Å². The van der Waals surface area contributed by atoms with E-state index in [1.807, 2.05) is 0 Å². The number of Topliss-reactive ketones (excluding diaryl/α,β-unsaturated/α-hetero) is 1. The Morgan fingerprint density at radius 2 is 1.76 bits per heavy atom. The highest BCUT2D eigenvalue weighted by atomic mass is 32.2. The third-order valence-electron chi connectivity index (χ3n) is 4.08. The minimum absolute atomic E-state index is 0.0925. The van der Waals surface area contributed by atoms with E-state index in [1.54, 1.807) is 26.2 Å². The zero-order chi connectivity index (χ0) is 18.4. The number of hydrogen-bond donors (Lipinski definition) is 1. The number of hydrogen-bond acceptors (Lipinski definition) is 5. The van der Waals surface area contributed by atoms with Gasteiger partial charge >= 0.3 is 0 Å². The van der Waals surface area contributed by atoms with Crippen molar-refractivity contribution in [1.29, 1.82) is 0 Å². The average Bonchev–Trinajstić information content (AvgIpc) is 3.33. The summed E-state index contributed by atoms with van der Waals surface area (Å²) in [6.45, 7) is 1.36. The lowest BCUT2D eigenvalue weighted by Gasteiger charge is -2.10. The van der Waals surface area contributed by atoms with Crippen molar-refractivity contribution in [3.05, 3.63) is 35.8 Å². The first-order chi connectivity index (χ1) is 11.7. The Labute approximate surface area is 146 Å². The number of aromatic nitrogens is 2. The number of nitrogens with zero attached hydrogens (tertiary/aromatic N) is 2. The molecule has 1 heterocycles. The number of carbonyl (C=O) groups excluding carboxylic acids is 2. The van der Waals surface area contributed by atoms with Crippen molar-refractivity contribution in [3.8, 4) is 11.3 Å². The normalized spacial score (nSPS) is 14.4. The van der Waals surface area contributed by atoms with Crippen LogP contribution in [0.1, 0.15) is 40.9 Å². The van der Waals surface area contributed by atoms with Crippen LogP contribution in [0.5, 0.6) is 0 Å².